The van der Waals surface area contributed by atoms with Crippen LogP contribution < -0.4 is 5.73 Å². The molecule has 1 nitrogen and oxygen atoms in total. The molecule has 0 saturated carbocycles. The third-order valence-corrected chi connectivity index (χ3v) is 0.948. The van der Waals surface area contributed by atoms with Gasteiger partial charge < -0.3 is 5.73 Å². The van der Waals surface area contributed by atoms with Gasteiger partial charge in [0.1, 0.15) is 0 Å². The van der Waals surface area contributed by atoms with E-state index in [1.807, 2.05) is 39.0 Å². The molecule has 0 heterocycles. The molecule has 0 aromatic carbocycles. The minimum absolute atomic E-state index is 0.580. The molecule has 0 rings (SSSR count). The molecule has 0 unspecified atom stereocenters. The summed E-state index contributed by atoms with van der Waals surface area (Å²) in [6.45, 7) is 10.1. The minimum Gasteiger partial charge on any atom is -0.326 e. The summed E-state index contributed by atoms with van der Waals surface area (Å²) in [6.07, 6.45) is 7.58. The molecule has 1 heteroatoms. The Morgan fingerprint density at radius 1 is 1.45 bits per heavy atom. The van der Waals surface area contributed by atoms with E-state index in [0.29, 0.717) is 6.54 Å². The number of rotatable bonds is 3. The maximum atomic E-state index is 5.38. The third-order valence-electron chi connectivity index (χ3n) is 0.948. The zero-order valence-corrected chi connectivity index (χ0v) is 7.80. The summed E-state index contributed by atoms with van der Waals surface area (Å²) >= 11 is 0. The lowest BCUT2D eigenvalue weighted by Crippen LogP contribution is -1.99. The molecule has 0 aromatic heterocycles. The molecular formula is C10H19N. The maximum absolute atomic E-state index is 5.38. The van der Waals surface area contributed by atoms with Crippen molar-refractivity contribution in [2.45, 2.75) is 20.8 Å². The van der Waals surface area contributed by atoms with Crippen molar-refractivity contribution in [3.05, 3.63) is 36.5 Å². The highest BCUT2D eigenvalue weighted by Crippen LogP contribution is 1.92. The summed E-state index contributed by atoms with van der Waals surface area (Å²) in [6, 6.07) is 0. The summed E-state index contributed by atoms with van der Waals surface area (Å²) in [5, 5.41) is 0. The predicted octanol–water partition coefficient (Wildman–Crippen LogP) is 2.66. The van der Waals surface area contributed by atoms with Crippen molar-refractivity contribution < 1.29 is 0 Å². The second kappa shape index (κ2) is 11.9. The number of hydrogen-bond donors (Lipinski definition) is 1. The van der Waals surface area contributed by atoms with Gasteiger partial charge in [0.05, 0.1) is 0 Å². The number of hydrogen-bond acceptors (Lipinski definition) is 1. The average Bonchev–Trinajstić information content (AvgIpc) is 2.08. The Balaban J connectivity index is 0. The van der Waals surface area contributed by atoms with Crippen molar-refractivity contribution >= 4 is 0 Å². The van der Waals surface area contributed by atoms with E-state index in [1.165, 1.54) is 0 Å². The fourth-order valence-electron chi connectivity index (χ4n) is 0.557. The van der Waals surface area contributed by atoms with Crippen LogP contribution in [0.5, 0.6) is 0 Å². The van der Waals surface area contributed by atoms with E-state index in [2.05, 4.69) is 6.58 Å². The molecule has 2 N–H and O–H groups in total. The van der Waals surface area contributed by atoms with Gasteiger partial charge >= 0.3 is 0 Å². The topological polar surface area (TPSA) is 26.0 Å². The minimum atomic E-state index is 0.580. The van der Waals surface area contributed by atoms with Crippen molar-refractivity contribution in [1.29, 1.82) is 0 Å². The lowest BCUT2D eigenvalue weighted by Gasteiger charge is -1.91. The van der Waals surface area contributed by atoms with Gasteiger partial charge in [-0.3, -0.25) is 0 Å². The second-order valence-electron chi connectivity index (χ2n) is 1.68. The lowest BCUT2D eigenvalue weighted by atomic mass is 10.2. The van der Waals surface area contributed by atoms with Crippen molar-refractivity contribution in [3.8, 4) is 0 Å². The third kappa shape index (κ3) is 9.18. The first-order chi connectivity index (χ1) is 5.35. The zero-order valence-electron chi connectivity index (χ0n) is 7.80. The molecular weight excluding hydrogens is 134 g/mol. The highest BCUT2D eigenvalue weighted by molar-refractivity contribution is 5.23. The van der Waals surface area contributed by atoms with E-state index in [-0.39, 0.29) is 0 Å². The molecule has 0 aliphatic carbocycles. The number of allylic oxidation sites excluding steroid dienone is 3. The van der Waals surface area contributed by atoms with E-state index in [9.17, 15) is 0 Å². The van der Waals surface area contributed by atoms with E-state index in [0.717, 1.165) is 5.57 Å². The van der Waals surface area contributed by atoms with E-state index in [1.54, 1.807) is 6.08 Å². The van der Waals surface area contributed by atoms with Gasteiger partial charge in [-0.05, 0) is 12.5 Å². The molecule has 64 valence electrons. The van der Waals surface area contributed by atoms with Crippen LogP contribution >= 0.6 is 0 Å². The fraction of sp³-hybridized carbons (Fsp3) is 0.400. The Hall–Kier alpha value is -0.820. The van der Waals surface area contributed by atoms with Gasteiger partial charge in [-0.25, -0.2) is 0 Å². The lowest BCUT2D eigenvalue weighted by molar-refractivity contribution is 1.19. The van der Waals surface area contributed by atoms with Gasteiger partial charge in [0, 0.05) is 6.54 Å². The normalized spacial score (nSPS) is 10.7. The Morgan fingerprint density at radius 2 is 2.00 bits per heavy atom. The summed E-state index contributed by atoms with van der Waals surface area (Å²) in [5.41, 5.74) is 6.48. The molecule has 0 saturated heterocycles. The van der Waals surface area contributed by atoms with E-state index >= 15 is 0 Å². The van der Waals surface area contributed by atoms with Crippen LogP contribution in [0.3, 0.4) is 0 Å². The first-order valence-corrected chi connectivity index (χ1v) is 3.99. The number of nitrogens with two attached hydrogens (primary N) is 1. The standard InChI is InChI=1S/C8H13N.C2H6/c1-3-5-8(7-9)6-4-2;1-2/h3-6H,1,7,9H2,2H3;1-2H3/b6-4-,8-5+;. The van der Waals surface area contributed by atoms with E-state index in [4.69, 9.17) is 5.73 Å². The molecule has 0 amide bonds. The molecule has 0 aliphatic heterocycles. The summed E-state index contributed by atoms with van der Waals surface area (Å²) in [4.78, 5) is 0. The molecule has 11 heavy (non-hydrogen) atoms. The Morgan fingerprint density at radius 3 is 2.27 bits per heavy atom. The highest BCUT2D eigenvalue weighted by Gasteiger charge is 1.80. The summed E-state index contributed by atoms with van der Waals surface area (Å²) in [7, 11) is 0. The molecule has 0 fully saturated rings. The SMILES string of the molecule is C=C/C=C(\C=C/C)CN.CC. The Labute approximate surface area is 70.3 Å². The first kappa shape index (κ1) is 12.8. The predicted molar refractivity (Wildman–Crippen MR) is 53.5 cm³/mol. The van der Waals surface area contributed by atoms with Crippen LogP contribution in [0.2, 0.25) is 0 Å². The molecule has 0 bridgehead atoms. The van der Waals surface area contributed by atoms with Gasteiger partial charge in [0.2, 0.25) is 0 Å². The Bertz CT molecular complexity index is 132. The van der Waals surface area contributed by atoms with Crippen molar-refractivity contribution in [2.24, 2.45) is 5.73 Å². The van der Waals surface area contributed by atoms with Crippen LogP contribution in [0.4, 0.5) is 0 Å². The fourth-order valence-corrected chi connectivity index (χ4v) is 0.557. The van der Waals surface area contributed by atoms with Crippen LogP contribution in [0.15, 0.2) is 36.5 Å². The van der Waals surface area contributed by atoms with Gasteiger partial charge in [0.25, 0.3) is 0 Å². The summed E-state index contributed by atoms with van der Waals surface area (Å²) < 4.78 is 0. The first-order valence-electron chi connectivity index (χ1n) is 3.99. The van der Waals surface area contributed by atoms with Gasteiger partial charge in [-0.2, -0.15) is 0 Å². The van der Waals surface area contributed by atoms with Crippen molar-refractivity contribution in [2.75, 3.05) is 6.54 Å². The zero-order chi connectivity index (χ0) is 9.11. The molecule has 0 radical (unpaired) electrons. The van der Waals surface area contributed by atoms with Crippen LogP contribution in [0, 0.1) is 0 Å². The molecule has 0 atom stereocenters. The smallest absolute Gasteiger partial charge is 0.0177 e. The molecule has 0 spiro atoms. The van der Waals surface area contributed by atoms with Crippen molar-refractivity contribution in [3.63, 3.8) is 0 Å². The van der Waals surface area contributed by atoms with Crippen molar-refractivity contribution in [1.82, 2.24) is 0 Å². The van der Waals surface area contributed by atoms with Gasteiger partial charge in [-0.1, -0.05) is 44.7 Å². The average molecular weight is 153 g/mol. The van der Waals surface area contributed by atoms with Crippen LogP contribution in [-0.2, 0) is 0 Å². The van der Waals surface area contributed by atoms with E-state index < -0.39 is 0 Å². The van der Waals surface area contributed by atoms with Gasteiger partial charge in [-0.15, -0.1) is 0 Å². The Kier molecular flexibility index (Phi) is 13.9. The highest BCUT2D eigenvalue weighted by atomic mass is 14.5. The largest absolute Gasteiger partial charge is 0.326 e. The monoisotopic (exact) mass is 153 g/mol. The maximum Gasteiger partial charge on any atom is 0.0177 e. The molecule has 0 aliphatic rings. The second-order valence-corrected chi connectivity index (χ2v) is 1.68. The quantitative estimate of drug-likeness (QED) is 0.620. The van der Waals surface area contributed by atoms with Crippen LogP contribution in [0.25, 0.3) is 0 Å². The summed E-state index contributed by atoms with van der Waals surface area (Å²) in [5.74, 6) is 0. The molecule has 0 aromatic rings. The van der Waals surface area contributed by atoms with Crippen LogP contribution in [0.1, 0.15) is 20.8 Å². The van der Waals surface area contributed by atoms with Crippen LogP contribution in [-0.4, -0.2) is 6.54 Å². The van der Waals surface area contributed by atoms with Gasteiger partial charge in [0.15, 0.2) is 0 Å².